The third-order valence-corrected chi connectivity index (χ3v) is 7.83. The first-order valence-corrected chi connectivity index (χ1v) is 12.4. The molecule has 0 amide bonds. The molecule has 1 aromatic carbocycles. The maximum Gasteiger partial charge on any atom is 0.347 e. The average molecular weight is 466 g/mol. The zero-order valence-electron chi connectivity index (χ0n) is 17.9. The molecule has 3 N–H and O–H groups in total. The fourth-order valence-corrected chi connectivity index (χ4v) is 5.86. The predicted molar refractivity (Wildman–Crippen MR) is 124 cm³/mol. The lowest BCUT2D eigenvalue weighted by Gasteiger charge is -2.24. The summed E-state index contributed by atoms with van der Waals surface area (Å²) in [5.41, 5.74) is 1.98. The lowest BCUT2D eigenvalue weighted by Crippen LogP contribution is -2.19. The number of hydrogen-bond donors (Lipinski definition) is 3. The first-order chi connectivity index (χ1) is 14.9. The molecule has 0 spiro atoms. The Labute approximate surface area is 193 Å². The third-order valence-electron chi connectivity index (χ3n) is 6.29. The number of halogens is 1. The molecule has 0 aliphatic heterocycles. The highest BCUT2D eigenvalue weighted by Gasteiger charge is 2.41. The number of rotatable bonds is 11. The van der Waals surface area contributed by atoms with Crippen molar-refractivity contribution in [2.24, 2.45) is 5.92 Å². The molecular formula is C24H32ClNO4S. The molecule has 7 heteroatoms. The summed E-state index contributed by atoms with van der Waals surface area (Å²) in [4.78, 5) is 15.5. The fraction of sp³-hybridized carbons (Fsp3) is 0.583. The number of alkyl halides is 1. The van der Waals surface area contributed by atoms with Crippen LogP contribution >= 0.6 is 22.9 Å². The van der Waals surface area contributed by atoms with Gasteiger partial charge in [-0.05, 0) is 49.1 Å². The van der Waals surface area contributed by atoms with Crippen molar-refractivity contribution >= 4 is 28.9 Å². The van der Waals surface area contributed by atoms with Crippen LogP contribution in [0.5, 0.6) is 0 Å². The van der Waals surface area contributed by atoms with Gasteiger partial charge in [0.15, 0.2) is 0 Å². The largest absolute Gasteiger partial charge is 0.477 e. The van der Waals surface area contributed by atoms with Gasteiger partial charge in [-0.3, -0.25) is 0 Å². The van der Waals surface area contributed by atoms with Crippen LogP contribution in [-0.2, 0) is 6.42 Å². The number of nitrogens with zero attached hydrogens (tertiary/aromatic N) is 1. The van der Waals surface area contributed by atoms with Gasteiger partial charge in [0.2, 0.25) is 0 Å². The molecular weight excluding hydrogens is 434 g/mol. The lowest BCUT2D eigenvalue weighted by molar-refractivity contribution is 0.0702. The van der Waals surface area contributed by atoms with Gasteiger partial charge in [-0.1, -0.05) is 50.5 Å². The van der Waals surface area contributed by atoms with E-state index in [0.717, 1.165) is 54.7 Å². The van der Waals surface area contributed by atoms with Crippen LogP contribution in [-0.4, -0.2) is 37.8 Å². The summed E-state index contributed by atoms with van der Waals surface area (Å²) in [5.74, 6) is -0.821. The van der Waals surface area contributed by atoms with Gasteiger partial charge in [-0.15, -0.1) is 22.9 Å². The number of aliphatic hydroxyl groups excluding tert-OH is 2. The minimum atomic E-state index is -0.942. The van der Waals surface area contributed by atoms with E-state index in [1.165, 1.54) is 17.5 Å². The van der Waals surface area contributed by atoms with Gasteiger partial charge < -0.3 is 15.3 Å². The second-order valence-corrected chi connectivity index (χ2v) is 10.2. The van der Waals surface area contributed by atoms with Gasteiger partial charge in [0, 0.05) is 11.3 Å². The summed E-state index contributed by atoms with van der Waals surface area (Å²) in [6.45, 7) is 2.15. The number of thiazole rings is 1. The number of aryl methyl sites for hydroxylation is 1. The molecule has 5 nitrogen and oxygen atoms in total. The van der Waals surface area contributed by atoms with Gasteiger partial charge in [0.25, 0.3) is 0 Å². The molecule has 1 aliphatic rings. The Kier molecular flexibility index (Phi) is 8.90. The van der Waals surface area contributed by atoms with E-state index in [2.05, 4.69) is 11.9 Å². The monoisotopic (exact) mass is 465 g/mol. The highest BCUT2D eigenvalue weighted by molar-refractivity contribution is 7.13. The molecule has 2 aromatic rings. The van der Waals surface area contributed by atoms with Crippen LogP contribution in [0.2, 0.25) is 0 Å². The maximum absolute atomic E-state index is 11.0. The fourth-order valence-electron chi connectivity index (χ4n) is 4.60. The third kappa shape index (κ3) is 6.28. The van der Waals surface area contributed by atoms with Gasteiger partial charge in [-0.25, -0.2) is 9.78 Å². The summed E-state index contributed by atoms with van der Waals surface area (Å²) >= 11 is 7.82. The Bertz CT molecular complexity index is 840. The summed E-state index contributed by atoms with van der Waals surface area (Å²) in [7, 11) is 0. The van der Waals surface area contributed by atoms with Gasteiger partial charge in [0.1, 0.15) is 4.88 Å². The van der Waals surface area contributed by atoms with Crippen molar-refractivity contribution in [3.05, 3.63) is 51.5 Å². The molecule has 0 radical (unpaired) electrons. The van der Waals surface area contributed by atoms with E-state index in [0.29, 0.717) is 12.8 Å². The summed E-state index contributed by atoms with van der Waals surface area (Å²) < 4.78 is 0. The highest BCUT2D eigenvalue weighted by atomic mass is 35.5. The van der Waals surface area contributed by atoms with Gasteiger partial charge in [-0.2, -0.15) is 0 Å². The Morgan fingerprint density at radius 2 is 2.00 bits per heavy atom. The molecule has 0 saturated heterocycles. The van der Waals surface area contributed by atoms with Crippen LogP contribution in [0.15, 0.2) is 30.5 Å². The van der Waals surface area contributed by atoms with E-state index in [1.807, 2.05) is 24.3 Å². The van der Waals surface area contributed by atoms with Crippen LogP contribution in [0.25, 0.3) is 0 Å². The van der Waals surface area contributed by atoms with Crippen LogP contribution in [0.4, 0.5) is 0 Å². The quantitative estimate of drug-likeness (QED) is 0.299. The number of unbranched alkanes of at least 4 members (excludes halogenated alkanes) is 2. The summed E-state index contributed by atoms with van der Waals surface area (Å²) in [6, 6.07) is 7.99. The minimum Gasteiger partial charge on any atom is -0.477 e. The van der Waals surface area contributed by atoms with Gasteiger partial charge >= 0.3 is 5.97 Å². The number of aliphatic hydroxyl groups is 2. The van der Waals surface area contributed by atoms with E-state index >= 15 is 0 Å². The molecule has 1 aliphatic carbocycles. The molecule has 2 unspecified atom stereocenters. The summed E-state index contributed by atoms with van der Waals surface area (Å²) in [6.07, 6.45) is 7.50. The number of carboxylic acid groups (broad SMARTS) is 1. The van der Waals surface area contributed by atoms with Crippen LogP contribution in [0.1, 0.15) is 89.7 Å². The van der Waals surface area contributed by atoms with Crippen molar-refractivity contribution in [1.29, 1.82) is 0 Å². The average Bonchev–Trinajstić information content (AvgIpc) is 3.33. The van der Waals surface area contributed by atoms with Gasteiger partial charge in [0.05, 0.1) is 23.4 Å². The Hall–Kier alpha value is -1.47. The molecule has 3 rings (SSSR count). The number of benzene rings is 1. The number of carbonyl (C=O) groups is 1. The van der Waals surface area contributed by atoms with E-state index in [1.54, 1.807) is 0 Å². The standard InChI is InChI=1S/C24H32ClNO4S/c1-2-3-4-7-19(27)15-9-11-16(12-10-15)23-17(18(25)13-20(23)28)6-5-8-22-26-14-21(31-22)24(29)30/h9-12,14,17-20,23,27-28H,2-8,13H2,1H3,(H,29,30)/t17-,18+,19?,20-,23?/m0/s1. The molecule has 31 heavy (non-hydrogen) atoms. The molecule has 1 fully saturated rings. The molecule has 170 valence electrons. The first-order valence-electron chi connectivity index (χ1n) is 11.2. The van der Waals surface area contributed by atoms with Crippen molar-refractivity contribution in [2.75, 3.05) is 0 Å². The van der Waals surface area contributed by atoms with Crippen molar-refractivity contribution in [1.82, 2.24) is 4.98 Å². The predicted octanol–water partition coefficient (Wildman–Crippen LogP) is 5.55. The topological polar surface area (TPSA) is 90.7 Å². The van der Waals surface area contributed by atoms with Crippen molar-refractivity contribution in [3.8, 4) is 0 Å². The van der Waals surface area contributed by atoms with E-state index in [-0.39, 0.29) is 22.1 Å². The zero-order chi connectivity index (χ0) is 22.4. The van der Waals surface area contributed by atoms with Crippen molar-refractivity contribution in [2.45, 2.75) is 81.8 Å². The van der Waals surface area contributed by atoms with E-state index in [9.17, 15) is 15.0 Å². The molecule has 0 bridgehead atoms. The number of aromatic carboxylic acids is 1. The van der Waals surface area contributed by atoms with Crippen LogP contribution in [0, 0.1) is 5.92 Å². The number of hydrogen-bond acceptors (Lipinski definition) is 5. The minimum absolute atomic E-state index is 0.0281. The first kappa shape index (κ1) is 24.2. The SMILES string of the molecule is CCCCCC(O)c1ccc(C2[C@@H](CCCc3ncc(C(=O)O)s3)[C@H](Cl)C[C@@H]2O)cc1. The summed E-state index contributed by atoms with van der Waals surface area (Å²) in [5, 5.41) is 30.8. The highest BCUT2D eigenvalue weighted by Crippen LogP contribution is 2.45. The molecule has 1 aromatic heterocycles. The number of aromatic nitrogens is 1. The molecule has 1 heterocycles. The normalized spacial score (nSPS) is 24.4. The second kappa shape index (κ2) is 11.4. The van der Waals surface area contributed by atoms with Crippen molar-refractivity contribution in [3.63, 3.8) is 0 Å². The zero-order valence-corrected chi connectivity index (χ0v) is 19.5. The maximum atomic E-state index is 11.0. The molecule has 1 saturated carbocycles. The van der Waals surface area contributed by atoms with Crippen LogP contribution < -0.4 is 0 Å². The Morgan fingerprint density at radius 3 is 2.65 bits per heavy atom. The second-order valence-electron chi connectivity index (χ2n) is 8.50. The Balaban J connectivity index is 1.61. The van der Waals surface area contributed by atoms with E-state index < -0.39 is 18.2 Å². The van der Waals surface area contributed by atoms with E-state index in [4.69, 9.17) is 16.7 Å². The lowest BCUT2D eigenvalue weighted by atomic mass is 9.84. The number of carboxylic acids is 1. The van der Waals surface area contributed by atoms with Crippen LogP contribution in [0.3, 0.4) is 0 Å². The van der Waals surface area contributed by atoms with Crippen molar-refractivity contribution < 1.29 is 20.1 Å². The Morgan fingerprint density at radius 1 is 1.26 bits per heavy atom. The smallest absolute Gasteiger partial charge is 0.347 e. The molecule has 5 atom stereocenters.